The lowest BCUT2D eigenvalue weighted by molar-refractivity contribution is 0.0969. The molecule has 8 heteroatoms. The smallest absolute Gasteiger partial charge is 0.252 e. The van der Waals surface area contributed by atoms with Crippen LogP contribution in [0, 0.1) is 11.3 Å². The molecule has 2 aliphatic rings. The summed E-state index contributed by atoms with van der Waals surface area (Å²) >= 11 is 0. The summed E-state index contributed by atoms with van der Waals surface area (Å²) in [6.07, 6.45) is 4.55. The fraction of sp³-hybridized carbons (Fsp3) is 0.381. The van der Waals surface area contributed by atoms with E-state index in [1.807, 2.05) is 4.90 Å². The van der Waals surface area contributed by atoms with Gasteiger partial charge in [-0.25, -0.2) is 9.97 Å². The Bertz CT molecular complexity index is 1010. The third-order valence-electron chi connectivity index (χ3n) is 5.47. The maximum absolute atomic E-state index is 12.2. The van der Waals surface area contributed by atoms with E-state index in [1.165, 1.54) is 0 Å². The van der Waals surface area contributed by atoms with Crippen molar-refractivity contribution in [1.29, 1.82) is 5.26 Å². The molecule has 4 rings (SSSR count). The molecule has 0 radical (unpaired) electrons. The molecule has 1 saturated heterocycles. The van der Waals surface area contributed by atoms with Gasteiger partial charge in [-0.05, 0) is 37.5 Å². The molecule has 1 fully saturated rings. The molecule has 1 aliphatic heterocycles. The third-order valence-corrected chi connectivity index (χ3v) is 5.47. The molecule has 2 aromatic rings. The minimum absolute atomic E-state index is 0.0676. The Hall–Kier alpha value is -3.47. The largest absolute Gasteiger partial charge is 0.365 e. The number of nitrogens with two attached hydrogens (primary N) is 1. The Morgan fingerprint density at radius 2 is 1.86 bits per heavy atom. The predicted molar refractivity (Wildman–Crippen MR) is 108 cm³/mol. The number of ketones is 1. The number of Topliss-reactive ketones (excluding diaryl/α,β-unsaturated/α-hetero) is 1. The molecule has 2 aromatic heterocycles. The molecule has 8 nitrogen and oxygen atoms in total. The fourth-order valence-electron chi connectivity index (χ4n) is 4.03. The van der Waals surface area contributed by atoms with Crippen molar-refractivity contribution in [3.8, 4) is 6.07 Å². The summed E-state index contributed by atoms with van der Waals surface area (Å²) in [7, 11) is 0. The number of pyridine rings is 2. The first kappa shape index (κ1) is 18.9. The number of nitrogens with zero attached hydrogens (tertiary/aromatic N) is 5. The molecular formula is C21H22N6O2. The SMILES string of the molecule is N#Cc1cc2c(nc1N1CCCN(c3ncccc3C(N)=O)CC1)CCCC2=O. The zero-order chi connectivity index (χ0) is 20.4. The van der Waals surface area contributed by atoms with Gasteiger partial charge < -0.3 is 15.5 Å². The second-order valence-electron chi connectivity index (χ2n) is 7.31. The van der Waals surface area contributed by atoms with E-state index in [-0.39, 0.29) is 5.78 Å². The van der Waals surface area contributed by atoms with Gasteiger partial charge in [-0.3, -0.25) is 9.59 Å². The van der Waals surface area contributed by atoms with Gasteiger partial charge in [-0.2, -0.15) is 5.26 Å². The van der Waals surface area contributed by atoms with Crippen LogP contribution in [0.3, 0.4) is 0 Å². The molecule has 148 valence electrons. The summed E-state index contributed by atoms with van der Waals surface area (Å²) in [5.74, 6) is 0.797. The van der Waals surface area contributed by atoms with Gasteiger partial charge in [-0.15, -0.1) is 0 Å². The molecule has 0 spiro atoms. The Balaban J connectivity index is 1.61. The highest BCUT2D eigenvalue weighted by atomic mass is 16.1. The van der Waals surface area contributed by atoms with Crippen molar-refractivity contribution < 1.29 is 9.59 Å². The average molecular weight is 390 g/mol. The molecule has 0 bridgehead atoms. The van der Waals surface area contributed by atoms with E-state index in [2.05, 4.69) is 16.0 Å². The molecule has 0 unspecified atom stereocenters. The van der Waals surface area contributed by atoms with Gasteiger partial charge in [0.15, 0.2) is 5.78 Å². The predicted octanol–water partition coefficient (Wildman–Crippen LogP) is 1.68. The van der Waals surface area contributed by atoms with Gasteiger partial charge in [0.1, 0.15) is 17.7 Å². The number of carbonyl (C=O) groups excluding carboxylic acids is 2. The lowest BCUT2D eigenvalue weighted by Gasteiger charge is -2.26. The lowest BCUT2D eigenvalue weighted by atomic mass is 9.93. The first-order valence-electron chi connectivity index (χ1n) is 9.80. The van der Waals surface area contributed by atoms with E-state index < -0.39 is 5.91 Å². The monoisotopic (exact) mass is 390 g/mol. The first-order valence-corrected chi connectivity index (χ1v) is 9.80. The van der Waals surface area contributed by atoms with Gasteiger partial charge in [0, 0.05) is 44.4 Å². The van der Waals surface area contributed by atoms with Gasteiger partial charge in [0.05, 0.1) is 16.8 Å². The standard InChI is InChI=1S/C21H22N6O2/c22-13-14-12-16-17(5-1-6-18(16)28)25-20(14)26-8-3-9-27(11-10-26)21-15(19(23)29)4-2-7-24-21/h2,4,7,12H,1,3,5-6,8-11H2,(H2,23,29). The number of amides is 1. The molecule has 2 N–H and O–H groups in total. The van der Waals surface area contributed by atoms with Crippen LogP contribution in [-0.4, -0.2) is 47.8 Å². The van der Waals surface area contributed by atoms with E-state index >= 15 is 0 Å². The van der Waals surface area contributed by atoms with Crippen molar-refractivity contribution in [2.45, 2.75) is 25.7 Å². The van der Waals surface area contributed by atoms with Crippen LogP contribution < -0.4 is 15.5 Å². The van der Waals surface area contributed by atoms with Crippen LogP contribution in [0.4, 0.5) is 11.6 Å². The second kappa shape index (κ2) is 7.87. The zero-order valence-corrected chi connectivity index (χ0v) is 16.1. The van der Waals surface area contributed by atoms with Crippen LogP contribution in [0.5, 0.6) is 0 Å². The molecule has 29 heavy (non-hydrogen) atoms. The lowest BCUT2D eigenvalue weighted by Crippen LogP contribution is -2.33. The maximum Gasteiger partial charge on any atom is 0.252 e. The highest BCUT2D eigenvalue weighted by Gasteiger charge is 2.26. The summed E-state index contributed by atoms with van der Waals surface area (Å²) in [6, 6.07) is 7.29. The Labute approximate surface area is 169 Å². The number of rotatable bonds is 3. The van der Waals surface area contributed by atoms with Crippen LogP contribution in [0.25, 0.3) is 0 Å². The van der Waals surface area contributed by atoms with Gasteiger partial charge >= 0.3 is 0 Å². The first-order chi connectivity index (χ1) is 14.1. The molecule has 0 saturated carbocycles. The number of carbonyl (C=O) groups is 2. The summed E-state index contributed by atoms with van der Waals surface area (Å²) in [5.41, 5.74) is 7.72. The highest BCUT2D eigenvalue weighted by Crippen LogP contribution is 2.28. The van der Waals surface area contributed by atoms with Gasteiger partial charge in [0.2, 0.25) is 0 Å². The summed E-state index contributed by atoms with van der Waals surface area (Å²) in [6.45, 7) is 2.70. The number of aromatic nitrogens is 2. The number of aryl methyl sites for hydroxylation is 1. The second-order valence-corrected chi connectivity index (χ2v) is 7.31. The third kappa shape index (κ3) is 3.63. The number of fused-ring (bicyclic) bond motifs is 1. The molecule has 1 amide bonds. The minimum Gasteiger partial charge on any atom is -0.365 e. The average Bonchev–Trinajstić information content (AvgIpc) is 2.99. The number of primary amides is 1. The maximum atomic E-state index is 12.2. The van der Waals surface area contributed by atoms with Gasteiger partial charge in [0.25, 0.3) is 5.91 Å². The van der Waals surface area contributed by atoms with Crippen LogP contribution in [0.15, 0.2) is 24.4 Å². The Morgan fingerprint density at radius 1 is 1.10 bits per heavy atom. The molecular weight excluding hydrogens is 368 g/mol. The molecule has 1 aliphatic carbocycles. The van der Waals surface area contributed by atoms with Crippen molar-refractivity contribution in [1.82, 2.24) is 9.97 Å². The molecule has 3 heterocycles. The normalized spacial score (nSPS) is 16.7. The zero-order valence-electron chi connectivity index (χ0n) is 16.1. The quantitative estimate of drug-likeness (QED) is 0.847. The van der Waals surface area contributed by atoms with E-state index in [4.69, 9.17) is 10.7 Å². The van der Waals surface area contributed by atoms with Crippen molar-refractivity contribution in [2.24, 2.45) is 5.73 Å². The van der Waals surface area contributed by atoms with E-state index in [1.54, 1.807) is 24.4 Å². The van der Waals surface area contributed by atoms with Crippen molar-refractivity contribution >= 4 is 23.3 Å². The van der Waals surface area contributed by atoms with E-state index in [9.17, 15) is 14.9 Å². The minimum atomic E-state index is -0.498. The highest BCUT2D eigenvalue weighted by molar-refractivity contribution is 5.99. The van der Waals surface area contributed by atoms with E-state index in [0.717, 1.165) is 38.0 Å². The number of hydrogen-bond acceptors (Lipinski definition) is 7. The van der Waals surface area contributed by atoms with Crippen LogP contribution >= 0.6 is 0 Å². The number of hydrogen-bond donors (Lipinski definition) is 1. The molecule has 0 atom stereocenters. The van der Waals surface area contributed by atoms with Gasteiger partial charge in [-0.1, -0.05) is 0 Å². The Kier molecular flexibility index (Phi) is 5.12. The van der Waals surface area contributed by atoms with Crippen molar-refractivity contribution in [2.75, 3.05) is 36.0 Å². The van der Waals surface area contributed by atoms with Crippen LogP contribution in [0.1, 0.15) is 51.2 Å². The molecule has 0 aromatic carbocycles. The Morgan fingerprint density at radius 3 is 2.59 bits per heavy atom. The van der Waals surface area contributed by atoms with Crippen molar-refractivity contribution in [3.63, 3.8) is 0 Å². The summed E-state index contributed by atoms with van der Waals surface area (Å²) < 4.78 is 0. The van der Waals surface area contributed by atoms with Crippen LogP contribution in [0.2, 0.25) is 0 Å². The summed E-state index contributed by atoms with van der Waals surface area (Å²) in [4.78, 5) is 37.1. The van der Waals surface area contributed by atoms with Crippen LogP contribution in [-0.2, 0) is 6.42 Å². The topological polar surface area (TPSA) is 116 Å². The fourth-order valence-corrected chi connectivity index (χ4v) is 4.03. The van der Waals surface area contributed by atoms with E-state index in [0.29, 0.717) is 47.8 Å². The van der Waals surface area contributed by atoms with Crippen molar-refractivity contribution in [3.05, 3.63) is 46.8 Å². The number of anilines is 2. The number of nitriles is 1. The summed E-state index contributed by atoms with van der Waals surface area (Å²) in [5, 5.41) is 9.63.